The topological polar surface area (TPSA) is 121 Å². The summed E-state index contributed by atoms with van der Waals surface area (Å²) in [6.07, 6.45) is 6.95. The first-order valence-corrected chi connectivity index (χ1v) is 13.4. The second-order valence-electron chi connectivity index (χ2n) is 10.2. The molecule has 3 aromatic carbocycles. The smallest absolute Gasteiger partial charge is 0.321 e. The number of nitrogens with one attached hydrogen (secondary N) is 1. The van der Waals surface area contributed by atoms with Crippen molar-refractivity contribution >= 4 is 27.6 Å². The number of amides is 1. The number of aromatic nitrogens is 3. The molecule has 0 bridgehead atoms. The lowest BCUT2D eigenvalue weighted by Gasteiger charge is -2.27. The zero-order chi connectivity index (χ0) is 26.8. The Bertz CT molecular complexity index is 1620. The van der Waals surface area contributed by atoms with E-state index in [0.29, 0.717) is 24.5 Å². The summed E-state index contributed by atoms with van der Waals surface area (Å²) in [5, 5.41) is 6.39. The van der Waals surface area contributed by atoms with E-state index in [1.54, 1.807) is 18.5 Å². The fourth-order valence-corrected chi connectivity index (χ4v) is 5.47. The first-order chi connectivity index (χ1) is 19.1. The summed E-state index contributed by atoms with van der Waals surface area (Å²) >= 11 is 0. The van der Waals surface area contributed by atoms with Crippen LogP contribution in [0.2, 0.25) is 0 Å². The SMILES string of the molecule is NCc1ccc2cc(C(=O)NC3CCC(N)CC3)n(Cc3cc(Oc4ncccn4)cc4ccccc34)c2c1. The van der Waals surface area contributed by atoms with Crippen molar-refractivity contribution in [1.82, 2.24) is 19.9 Å². The molecule has 0 aliphatic heterocycles. The van der Waals surface area contributed by atoms with Gasteiger partial charge in [-0.05, 0) is 77.9 Å². The summed E-state index contributed by atoms with van der Waals surface area (Å²) in [5.74, 6) is 0.564. The van der Waals surface area contributed by atoms with Crippen molar-refractivity contribution in [3.05, 3.63) is 95.9 Å². The maximum absolute atomic E-state index is 13.7. The highest BCUT2D eigenvalue weighted by atomic mass is 16.5. The number of fused-ring (bicyclic) bond motifs is 2. The second kappa shape index (κ2) is 10.8. The number of nitrogens with zero attached hydrogens (tertiary/aromatic N) is 3. The lowest BCUT2D eigenvalue weighted by molar-refractivity contribution is 0.0917. The Morgan fingerprint density at radius 1 is 0.949 bits per heavy atom. The van der Waals surface area contributed by atoms with Crippen LogP contribution < -0.4 is 21.5 Å². The Labute approximate surface area is 227 Å². The Hall–Kier alpha value is -4.27. The molecule has 5 aromatic rings. The summed E-state index contributed by atoms with van der Waals surface area (Å²) in [6.45, 7) is 0.900. The van der Waals surface area contributed by atoms with Gasteiger partial charge in [-0.25, -0.2) is 9.97 Å². The number of rotatable bonds is 7. The molecular weight excluding hydrogens is 488 g/mol. The van der Waals surface area contributed by atoms with Gasteiger partial charge in [0.2, 0.25) is 0 Å². The largest absolute Gasteiger partial charge is 0.424 e. The Balaban J connectivity index is 1.41. The molecule has 0 spiro atoms. The molecule has 2 heterocycles. The molecule has 1 aliphatic carbocycles. The standard InChI is InChI=1S/C31H32N6O2/c32-18-20-6-7-22-17-29(30(38)36-25-10-8-24(33)9-11-25)37(28(22)14-20)19-23-16-26(39-31-34-12-3-13-35-31)15-21-4-1-2-5-27(21)23/h1-7,12-17,24-25H,8-11,18-19,32-33H2,(H,36,38). The van der Waals surface area contributed by atoms with Crippen LogP contribution in [0.25, 0.3) is 21.7 Å². The number of nitrogens with two attached hydrogens (primary N) is 2. The van der Waals surface area contributed by atoms with Gasteiger partial charge in [0.15, 0.2) is 0 Å². The van der Waals surface area contributed by atoms with Crippen LogP contribution in [0, 0.1) is 0 Å². The molecule has 0 saturated heterocycles. The molecule has 0 radical (unpaired) electrons. The molecule has 1 amide bonds. The molecular formula is C31H32N6O2. The van der Waals surface area contributed by atoms with Crippen molar-refractivity contribution < 1.29 is 9.53 Å². The molecule has 5 N–H and O–H groups in total. The van der Waals surface area contributed by atoms with E-state index in [-0.39, 0.29) is 24.0 Å². The average Bonchev–Trinajstić information content (AvgIpc) is 3.32. The van der Waals surface area contributed by atoms with Crippen LogP contribution in [0.15, 0.2) is 79.1 Å². The molecule has 198 valence electrons. The molecule has 6 rings (SSSR count). The molecule has 0 unspecified atom stereocenters. The first-order valence-electron chi connectivity index (χ1n) is 13.4. The molecule has 1 aliphatic rings. The third kappa shape index (κ3) is 5.34. The molecule has 8 heteroatoms. The number of carbonyl (C=O) groups is 1. The van der Waals surface area contributed by atoms with Gasteiger partial charge in [-0.2, -0.15) is 0 Å². The fraction of sp³-hybridized carbons (Fsp3) is 0.258. The Morgan fingerprint density at radius 3 is 2.54 bits per heavy atom. The number of ether oxygens (including phenoxy) is 1. The third-order valence-electron chi connectivity index (χ3n) is 7.54. The van der Waals surface area contributed by atoms with Crippen molar-refractivity contribution in [3.8, 4) is 11.8 Å². The minimum atomic E-state index is -0.0737. The van der Waals surface area contributed by atoms with Crippen molar-refractivity contribution in [1.29, 1.82) is 0 Å². The summed E-state index contributed by atoms with van der Waals surface area (Å²) in [6, 6.07) is 22.6. The van der Waals surface area contributed by atoms with E-state index in [9.17, 15) is 4.79 Å². The van der Waals surface area contributed by atoms with E-state index in [1.807, 2.05) is 42.5 Å². The van der Waals surface area contributed by atoms with Gasteiger partial charge in [-0.3, -0.25) is 4.79 Å². The quantitative estimate of drug-likeness (QED) is 0.281. The predicted octanol–water partition coefficient (Wildman–Crippen LogP) is 4.88. The highest BCUT2D eigenvalue weighted by Gasteiger charge is 2.23. The van der Waals surface area contributed by atoms with E-state index in [1.165, 1.54) is 0 Å². The predicted molar refractivity (Wildman–Crippen MR) is 153 cm³/mol. The van der Waals surface area contributed by atoms with E-state index < -0.39 is 0 Å². The number of benzene rings is 3. The second-order valence-corrected chi connectivity index (χ2v) is 10.2. The number of hydrogen-bond donors (Lipinski definition) is 3. The van der Waals surface area contributed by atoms with Gasteiger partial charge < -0.3 is 26.1 Å². The maximum atomic E-state index is 13.7. The number of carbonyl (C=O) groups excluding carboxylic acids is 1. The van der Waals surface area contributed by atoms with Gasteiger partial charge in [-0.1, -0.05) is 36.4 Å². The van der Waals surface area contributed by atoms with Gasteiger partial charge in [0, 0.05) is 48.5 Å². The summed E-state index contributed by atoms with van der Waals surface area (Å²) in [4.78, 5) is 22.1. The van der Waals surface area contributed by atoms with Crippen LogP contribution in [0.4, 0.5) is 0 Å². The zero-order valence-electron chi connectivity index (χ0n) is 21.7. The van der Waals surface area contributed by atoms with Crippen LogP contribution in [0.1, 0.15) is 47.3 Å². The Morgan fingerprint density at radius 2 is 1.74 bits per heavy atom. The molecule has 1 fully saturated rings. The van der Waals surface area contributed by atoms with Gasteiger partial charge in [0.1, 0.15) is 11.4 Å². The number of hydrogen-bond acceptors (Lipinski definition) is 6. The molecule has 8 nitrogen and oxygen atoms in total. The molecule has 0 atom stereocenters. The Kier molecular flexibility index (Phi) is 6.96. The lowest BCUT2D eigenvalue weighted by Crippen LogP contribution is -2.41. The monoisotopic (exact) mass is 520 g/mol. The third-order valence-corrected chi connectivity index (χ3v) is 7.54. The molecule has 39 heavy (non-hydrogen) atoms. The van der Waals surface area contributed by atoms with E-state index in [4.69, 9.17) is 16.2 Å². The molecule has 2 aromatic heterocycles. The van der Waals surface area contributed by atoms with Crippen LogP contribution >= 0.6 is 0 Å². The van der Waals surface area contributed by atoms with Crippen LogP contribution in [-0.4, -0.2) is 32.5 Å². The highest BCUT2D eigenvalue weighted by molar-refractivity contribution is 5.99. The van der Waals surface area contributed by atoms with Crippen LogP contribution in [0.3, 0.4) is 0 Å². The zero-order valence-corrected chi connectivity index (χ0v) is 21.7. The van der Waals surface area contributed by atoms with Gasteiger partial charge >= 0.3 is 6.01 Å². The lowest BCUT2D eigenvalue weighted by atomic mass is 9.92. The highest BCUT2D eigenvalue weighted by Crippen LogP contribution is 2.31. The maximum Gasteiger partial charge on any atom is 0.321 e. The van der Waals surface area contributed by atoms with E-state index in [2.05, 4.69) is 38.1 Å². The minimum Gasteiger partial charge on any atom is -0.424 e. The van der Waals surface area contributed by atoms with Crippen LogP contribution in [-0.2, 0) is 13.1 Å². The van der Waals surface area contributed by atoms with Crippen molar-refractivity contribution in [2.75, 3.05) is 0 Å². The first kappa shape index (κ1) is 25.0. The van der Waals surface area contributed by atoms with Crippen molar-refractivity contribution in [2.24, 2.45) is 11.5 Å². The van der Waals surface area contributed by atoms with Gasteiger partial charge in [0.25, 0.3) is 5.91 Å². The van der Waals surface area contributed by atoms with Crippen molar-refractivity contribution in [3.63, 3.8) is 0 Å². The summed E-state index contributed by atoms with van der Waals surface area (Å²) in [5.41, 5.74) is 15.7. The summed E-state index contributed by atoms with van der Waals surface area (Å²) in [7, 11) is 0. The van der Waals surface area contributed by atoms with E-state index in [0.717, 1.165) is 58.5 Å². The summed E-state index contributed by atoms with van der Waals surface area (Å²) < 4.78 is 8.11. The molecule has 1 saturated carbocycles. The van der Waals surface area contributed by atoms with Gasteiger partial charge in [-0.15, -0.1) is 0 Å². The van der Waals surface area contributed by atoms with Crippen molar-refractivity contribution in [2.45, 2.75) is 50.9 Å². The normalized spacial score (nSPS) is 17.4. The fourth-order valence-electron chi connectivity index (χ4n) is 5.47. The minimum absolute atomic E-state index is 0.0737. The van der Waals surface area contributed by atoms with Crippen LogP contribution in [0.5, 0.6) is 11.8 Å². The van der Waals surface area contributed by atoms with Gasteiger partial charge in [0.05, 0.1) is 0 Å². The average molecular weight is 521 g/mol. The van der Waals surface area contributed by atoms with E-state index >= 15 is 0 Å².